The van der Waals surface area contributed by atoms with Crippen molar-refractivity contribution in [2.75, 3.05) is 6.54 Å². The predicted molar refractivity (Wildman–Crippen MR) is 99.7 cm³/mol. The summed E-state index contributed by atoms with van der Waals surface area (Å²) < 4.78 is 44.7. The highest BCUT2D eigenvalue weighted by molar-refractivity contribution is 8.26. The van der Waals surface area contributed by atoms with Gasteiger partial charge in [0.25, 0.3) is 5.91 Å². The molecule has 1 fully saturated rings. The van der Waals surface area contributed by atoms with Gasteiger partial charge in [-0.3, -0.25) is 9.69 Å². The lowest BCUT2D eigenvalue weighted by atomic mass is 10.1. The SMILES string of the molecule is CCN1C(=O)/C(=C/c2ccc(-c3cc(C(F)(F)F)ccc3Cl)o2)SC1=S. The Balaban J connectivity index is 1.93. The highest BCUT2D eigenvalue weighted by Crippen LogP contribution is 2.37. The van der Waals surface area contributed by atoms with Crippen molar-refractivity contribution in [3.63, 3.8) is 0 Å². The summed E-state index contributed by atoms with van der Waals surface area (Å²) in [5.74, 6) is 0.279. The van der Waals surface area contributed by atoms with Crippen molar-refractivity contribution in [1.82, 2.24) is 4.90 Å². The van der Waals surface area contributed by atoms with Crippen LogP contribution in [-0.4, -0.2) is 21.7 Å². The van der Waals surface area contributed by atoms with Crippen LogP contribution in [0.4, 0.5) is 13.2 Å². The van der Waals surface area contributed by atoms with Gasteiger partial charge in [-0.25, -0.2) is 0 Å². The largest absolute Gasteiger partial charge is 0.457 e. The molecule has 2 heterocycles. The number of rotatable bonds is 3. The molecule has 1 aliphatic rings. The highest BCUT2D eigenvalue weighted by atomic mass is 35.5. The summed E-state index contributed by atoms with van der Waals surface area (Å²) in [5, 5.41) is 0.135. The lowest BCUT2D eigenvalue weighted by molar-refractivity contribution is -0.137. The second-order valence-electron chi connectivity index (χ2n) is 5.32. The standard InChI is InChI=1S/C17H11ClF3NO2S2/c1-2-22-15(23)14(26-16(22)25)8-10-4-6-13(24-10)11-7-9(17(19,20)21)3-5-12(11)18/h3-8H,2H2,1H3/b14-8-. The molecule has 1 aromatic heterocycles. The zero-order chi connectivity index (χ0) is 19.1. The first-order valence-corrected chi connectivity index (χ1v) is 9.03. The molecule has 26 heavy (non-hydrogen) atoms. The number of carbonyl (C=O) groups is 1. The van der Waals surface area contributed by atoms with Crippen molar-refractivity contribution in [1.29, 1.82) is 0 Å². The van der Waals surface area contributed by atoms with E-state index in [1.165, 1.54) is 23.1 Å². The molecule has 1 saturated heterocycles. The average molecular weight is 418 g/mol. The van der Waals surface area contributed by atoms with Gasteiger partial charge in [0, 0.05) is 18.2 Å². The van der Waals surface area contributed by atoms with Crippen molar-refractivity contribution in [3.05, 3.63) is 51.6 Å². The predicted octanol–water partition coefficient (Wildman–Crippen LogP) is 5.84. The van der Waals surface area contributed by atoms with E-state index in [0.717, 1.165) is 23.9 Å². The van der Waals surface area contributed by atoms with Crippen molar-refractivity contribution in [2.24, 2.45) is 0 Å². The fourth-order valence-electron chi connectivity index (χ4n) is 2.37. The fraction of sp³-hybridized carbons (Fsp3) is 0.176. The van der Waals surface area contributed by atoms with Gasteiger partial charge in [-0.2, -0.15) is 13.2 Å². The molecule has 2 aromatic rings. The maximum atomic E-state index is 12.9. The zero-order valence-electron chi connectivity index (χ0n) is 13.3. The first kappa shape index (κ1) is 19.0. The number of amides is 1. The van der Waals surface area contributed by atoms with E-state index in [-0.39, 0.29) is 22.3 Å². The number of nitrogens with zero attached hydrogens (tertiary/aromatic N) is 1. The molecular weight excluding hydrogens is 407 g/mol. The minimum absolute atomic E-state index is 0.127. The molecule has 0 atom stereocenters. The number of benzene rings is 1. The maximum Gasteiger partial charge on any atom is 0.416 e. The Labute approximate surface area is 161 Å². The van der Waals surface area contributed by atoms with Gasteiger partial charge >= 0.3 is 6.18 Å². The molecule has 3 rings (SSSR count). The number of furan rings is 1. The molecule has 1 amide bonds. The van der Waals surface area contributed by atoms with E-state index in [0.29, 0.717) is 21.5 Å². The molecule has 1 aromatic carbocycles. The topological polar surface area (TPSA) is 33.5 Å². The second kappa shape index (κ2) is 7.09. The molecule has 0 aliphatic carbocycles. The molecule has 0 N–H and O–H groups in total. The lowest BCUT2D eigenvalue weighted by Gasteiger charge is -2.09. The summed E-state index contributed by atoms with van der Waals surface area (Å²) in [5.41, 5.74) is -0.694. The van der Waals surface area contributed by atoms with Crippen LogP contribution < -0.4 is 0 Å². The van der Waals surface area contributed by atoms with Crippen molar-refractivity contribution >= 4 is 51.9 Å². The summed E-state index contributed by atoms with van der Waals surface area (Å²) in [4.78, 5) is 14.1. The molecule has 136 valence electrons. The van der Waals surface area contributed by atoms with Crippen molar-refractivity contribution in [3.8, 4) is 11.3 Å². The van der Waals surface area contributed by atoms with Crippen LogP contribution in [0.1, 0.15) is 18.2 Å². The van der Waals surface area contributed by atoms with Crippen LogP contribution in [0.15, 0.2) is 39.7 Å². The van der Waals surface area contributed by atoms with Gasteiger partial charge in [-0.15, -0.1) is 0 Å². The third-order valence-electron chi connectivity index (χ3n) is 3.65. The second-order valence-corrected chi connectivity index (χ2v) is 7.40. The van der Waals surface area contributed by atoms with Gasteiger partial charge in [0.05, 0.1) is 15.5 Å². The van der Waals surface area contributed by atoms with Gasteiger partial charge in [0.1, 0.15) is 15.8 Å². The molecule has 0 spiro atoms. The third-order valence-corrected chi connectivity index (χ3v) is 5.36. The summed E-state index contributed by atoms with van der Waals surface area (Å²) in [6.45, 7) is 2.28. The van der Waals surface area contributed by atoms with Gasteiger partial charge in [-0.05, 0) is 37.3 Å². The molecular formula is C17H11ClF3NO2S2. The number of thioether (sulfide) groups is 1. The van der Waals surface area contributed by atoms with E-state index < -0.39 is 11.7 Å². The average Bonchev–Trinajstić information content (AvgIpc) is 3.12. The minimum atomic E-state index is -4.48. The van der Waals surface area contributed by atoms with Gasteiger partial charge < -0.3 is 4.42 Å². The lowest BCUT2D eigenvalue weighted by Crippen LogP contribution is -2.27. The summed E-state index contributed by atoms with van der Waals surface area (Å²) in [7, 11) is 0. The minimum Gasteiger partial charge on any atom is -0.457 e. The van der Waals surface area contributed by atoms with Crippen LogP contribution in [0.2, 0.25) is 5.02 Å². The first-order chi connectivity index (χ1) is 12.2. The number of halogens is 4. The molecule has 9 heteroatoms. The quantitative estimate of drug-likeness (QED) is 0.464. The third kappa shape index (κ3) is 3.67. The van der Waals surface area contributed by atoms with Gasteiger partial charge in [-0.1, -0.05) is 35.6 Å². The number of alkyl halides is 3. The molecule has 0 saturated carbocycles. The van der Waals surface area contributed by atoms with Crippen LogP contribution in [-0.2, 0) is 11.0 Å². The van der Waals surface area contributed by atoms with E-state index >= 15 is 0 Å². The summed E-state index contributed by atoms with van der Waals surface area (Å²) >= 11 is 12.3. The molecule has 0 bridgehead atoms. The number of likely N-dealkylation sites (N-methyl/N-ethyl adjacent to an activating group) is 1. The Hall–Kier alpha value is -1.77. The number of hydrogen-bond donors (Lipinski definition) is 0. The van der Waals surface area contributed by atoms with E-state index in [9.17, 15) is 18.0 Å². The zero-order valence-corrected chi connectivity index (χ0v) is 15.7. The Morgan fingerprint density at radius 3 is 2.65 bits per heavy atom. The monoisotopic (exact) mass is 417 g/mol. The summed E-state index contributed by atoms with van der Waals surface area (Å²) in [6, 6.07) is 6.08. The molecule has 1 aliphatic heterocycles. The maximum absolute atomic E-state index is 12.9. The highest BCUT2D eigenvalue weighted by Gasteiger charge is 2.32. The fourth-order valence-corrected chi connectivity index (χ4v) is 3.94. The first-order valence-electron chi connectivity index (χ1n) is 7.43. The van der Waals surface area contributed by atoms with Crippen molar-refractivity contribution in [2.45, 2.75) is 13.1 Å². The Bertz CT molecular complexity index is 921. The summed E-state index contributed by atoms with van der Waals surface area (Å²) in [6.07, 6.45) is -2.97. The number of hydrogen-bond acceptors (Lipinski definition) is 4. The van der Waals surface area contributed by atoms with E-state index in [1.54, 1.807) is 6.07 Å². The van der Waals surface area contributed by atoms with E-state index in [4.69, 9.17) is 28.2 Å². The van der Waals surface area contributed by atoms with E-state index in [2.05, 4.69) is 0 Å². The number of carbonyl (C=O) groups excluding carboxylic acids is 1. The number of thiocarbonyl (C=S) groups is 1. The molecule has 3 nitrogen and oxygen atoms in total. The van der Waals surface area contributed by atoms with Crippen LogP contribution in [0.25, 0.3) is 17.4 Å². The van der Waals surface area contributed by atoms with Crippen LogP contribution in [0, 0.1) is 0 Å². The van der Waals surface area contributed by atoms with Crippen LogP contribution in [0.5, 0.6) is 0 Å². The normalized spacial score (nSPS) is 16.8. The van der Waals surface area contributed by atoms with Gasteiger partial charge in [0.2, 0.25) is 0 Å². The van der Waals surface area contributed by atoms with E-state index in [1.807, 2.05) is 6.92 Å². The smallest absolute Gasteiger partial charge is 0.416 e. The van der Waals surface area contributed by atoms with Crippen molar-refractivity contribution < 1.29 is 22.4 Å². The molecule has 0 unspecified atom stereocenters. The van der Waals surface area contributed by atoms with Crippen LogP contribution in [0.3, 0.4) is 0 Å². The molecule has 0 radical (unpaired) electrons. The Kier molecular flexibility index (Phi) is 5.18. The van der Waals surface area contributed by atoms with Crippen LogP contribution >= 0.6 is 35.6 Å². The Morgan fingerprint density at radius 1 is 1.31 bits per heavy atom. The van der Waals surface area contributed by atoms with Gasteiger partial charge in [0.15, 0.2) is 0 Å². The Morgan fingerprint density at radius 2 is 2.04 bits per heavy atom.